The fourth-order valence-corrected chi connectivity index (χ4v) is 4.85. The van der Waals surface area contributed by atoms with Gasteiger partial charge in [-0.1, -0.05) is 41.7 Å². The fraction of sp³-hybridized carbons (Fsp3) is 0.240. The van der Waals surface area contributed by atoms with Gasteiger partial charge in [-0.2, -0.15) is 0 Å². The number of halogens is 1. The van der Waals surface area contributed by atoms with Gasteiger partial charge in [-0.15, -0.1) is 0 Å². The van der Waals surface area contributed by atoms with E-state index in [0.29, 0.717) is 15.0 Å². The van der Waals surface area contributed by atoms with Crippen LogP contribution in [0.25, 0.3) is 6.08 Å². The number of carbonyl (C=O) groups is 1. The van der Waals surface area contributed by atoms with Gasteiger partial charge in [-0.3, -0.25) is 9.36 Å². The number of aromatic nitrogens is 1. The van der Waals surface area contributed by atoms with Gasteiger partial charge < -0.3 is 9.64 Å². The fourth-order valence-electron chi connectivity index (χ4n) is 3.80. The third kappa shape index (κ3) is 4.26. The number of ether oxygens (including phenoxy) is 1. The van der Waals surface area contributed by atoms with Crippen molar-refractivity contribution in [1.82, 2.24) is 4.57 Å². The molecule has 4 rings (SSSR count). The van der Waals surface area contributed by atoms with Crippen LogP contribution >= 0.6 is 11.3 Å². The SMILES string of the molecule is CCOC(=O)C1=C(C)N=c2s/c(=C\c3ccc(N(C)C)cc3)c(=O)n2[C@H]1c1ccccc1F. The lowest BCUT2D eigenvalue weighted by atomic mass is 9.95. The lowest BCUT2D eigenvalue weighted by Crippen LogP contribution is -2.40. The summed E-state index contributed by atoms with van der Waals surface area (Å²) in [5, 5.41) is 0. The highest BCUT2D eigenvalue weighted by Crippen LogP contribution is 2.32. The maximum absolute atomic E-state index is 14.9. The van der Waals surface area contributed by atoms with Crippen molar-refractivity contribution in [3.63, 3.8) is 0 Å². The number of nitrogens with zero attached hydrogens (tertiary/aromatic N) is 3. The third-order valence-corrected chi connectivity index (χ3v) is 6.41. The Morgan fingerprint density at radius 1 is 1.21 bits per heavy atom. The average molecular weight is 466 g/mol. The first-order valence-corrected chi connectivity index (χ1v) is 11.3. The highest BCUT2D eigenvalue weighted by atomic mass is 32.1. The zero-order chi connectivity index (χ0) is 23.7. The molecule has 3 aromatic rings. The van der Waals surface area contributed by atoms with Gasteiger partial charge in [0, 0.05) is 25.3 Å². The summed E-state index contributed by atoms with van der Waals surface area (Å²) in [5.74, 6) is -1.12. The van der Waals surface area contributed by atoms with Crippen molar-refractivity contribution in [3.8, 4) is 0 Å². The number of fused-ring (bicyclic) bond motifs is 1. The molecule has 0 spiro atoms. The standard InChI is InChI=1S/C25H24FN3O3S/c1-5-32-24(31)21-15(2)27-25-29(22(21)18-8-6-7-9-19(18)26)23(30)20(33-25)14-16-10-12-17(13-11-16)28(3)4/h6-14,22H,5H2,1-4H3/b20-14-/t22-/m0/s1. The van der Waals surface area contributed by atoms with Gasteiger partial charge >= 0.3 is 5.97 Å². The number of hydrogen-bond acceptors (Lipinski definition) is 6. The highest BCUT2D eigenvalue weighted by Gasteiger charge is 2.34. The number of thiazole rings is 1. The largest absolute Gasteiger partial charge is 0.463 e. The van der Waals surface area contributed by atoms with Gasteiger partial charge in [0.25, 0.3) is 5.56 Å². The topological polar surface area (TPSA) is 63.9 Å². The van der Waals surface area contributed by atoms with E-state index in [0.717, 1.165) is 11.3 Å². The summed E-state index contributed by atoms with van der Waals surface area (Å²) in [6.07, 6.45) is 1.78. The smallest absolute Gasteiger partial charge is 0.338 e. The molecule has 1 aromatic heterocycles. The van der Waals surface area contributed by atoms with Crippen molar-refractivity contribution in [1.29, 1.82) is 0 Å². The van der Waals surface area contributed by atoms with Crippen LogP contribution < -0.4 is 19.8 Å². The second kappa shape index (κ2) is 9.15. The first-order valence-electron chi connectivity index (χ1n) is 10.5. The molecule has 0 amide bonds. The first kappa shape index (κ1) is 22.7. The molecule has 6 nitrogen and oxygen atoms in total. The molecule has 0 aliphatic carbocycles. The molecule has 0 N–H and O–H groups in total. The van der Waals surface area contributed by atoms with Crippen molar-refractivity contribution in [2.24, 2.45) is 4.99 Å². The monoisotopic (exact) mass is 465 g/mol. The van der Waals surface area contributed by atoms with Crippen molar-refractivity contribution in [3.05, 3.63) is 96.4 Å². The maximum Gasteiger partial charge on any atom is 0.338 e. The second-order valence-corrected chi connectivity index (χ2v) is 8.82. The Hall–Kier alpha value is -3.52. The van der Waals surface area contributed by atoms with E-state index in [1.165, 1.54) is 22.0 Å². The minimum absolute atomic E-state index is 0.160. The molecule has 0 fully saturated rings. The van der Waals surface area contributed by atoms with E-state index in [1.807, 2.05) is 43.3 Å². The Morgan fingerprint density at radius 2 is 1.91 bits per heavy atom. The summed E-state index contributed by atoms with van der Waals surface area (Å²) < 4.78 is 21.9. The molecule has 0 saturated carbocycles. The molecule has 0 saturated heterocycles. The van der Waals surface area contributed by atoms with Crippen LogP contribution in [-0.2, 0) is 9.53 Å². The number of esters is 1. The van der Waals surface area contributed by atoms with Gasteiger partial charge in [-0.25, -0.2) is 14.2 Å². The average Bonchev–Trinajstić information content (AvgIpc) is 3.08. The Kier molecular flexibility index (Phi) is 6.29. The predicted octanol–water partition coefficient (Wildman–Crippen LogP) is 3.00. The summed E-state index contributed by atoms with van der Waals surface area (Å²) in [6.45, 7) is 3.53. The molecule has 1 aliphatic rings. The summed E-state index contributed by atoms with van der Waals surface area (Å²) in [7, 11) is 3.92. The van der Waals surface area contributed by atoms with Crippen LogP contribution in [0.5, 0.6) is 0 Å². The molecule has 2 heterocycles. The molecule has 2 aromatic carbocycles. The second-order valence-electron chi connectivity index (χ2n) is 7.81. The highest BCUT2D eigenvalue weighted by molar-refractivity contribution is 7.07. The van der Waals surface area contributed by atoms with Crippen molar-refractivity contribution >= 4 is 29.1 Å². The van der Waals surface area contributed by atoms with Crippen LogP contribution in [0.2, 0.25) is 0 Å². The zero-order valence-electron chi connectivity index (χ0n) is 18.8. The Morgan fingerprint density at radius 3 is 2.55 bits per heavy atom. The van der Waals surface area contributed by atoms with E-state index >= 15 is 0 Å². The number of rotatable bonds is 5. The van der Waals surface area contributed by atoms with Crippen molar-refractivity contribution in [2.75, 3.05) is 25.6 Å². The van der Waals surface area contributed by atoms with Gasteiger partial charge in [0.1, 0.15) is 11.9 Å². The molecule has 0 radical (unpaired) electrons. The normalized spacial score (nSPS) is 15.8. The van der Waals surface area contributed by atoms with E-state index in [1.54, 1.807) is 38.1 Å². The van der Waals surface area contributed by atoms with Crippen LogP contribution in [0.1, 0.15) is 31.0 Å². The Balaban J connectivity index is 1.92. The van der Waals surface area contributed by atoms with E-state index in [-0.39, 0.29) is 23.3 Å². The molecule has 8 heteroatoms. The van der Waals surface area contributed by atoms with Gasteiger partial charge in [0.05, 0.1) is 22.4 Å². The Labute approximate surface area is 194 Å². The van der Waals surface area contributed by atoms with Crippen LogP contribution in [0, 0.1) is 5.82 Å². The molecule has 0 bridgehead atoms. The Bertz CT molecular complexity index is 1420. The van der Waals surface area contributed by atoms with Crippen LogP contribution in [0.15, 0.2) is 69.6 Å². The summed E-state index contributed by atoms with van der Waals surface area (Å²) in [4.78, 5) is 33.2. The molecule has 170 valence electrons. The van der Waals surface area contributed by atoms with Crippen LogP contribution in [0.4, 0.5) is 10.1 Å². The molecular weight excluding hydrogens is 441 g/mol. The van der Waals surface area contributed by atoms with Crippen molar-refractivity contribution in [2.45, 2.75) is 19.9 Å². The quantitative estimate of drug-likeness (QED) is 0.544. The number of anilines is 1. The van der Waals surface area contributed by atoms with Gasteiger partial charge in [0.2, 0.25) is 0 Å². The number of hydrogen-bond donors (Lipinski definition) is 0. The minimum atomic E-state index is -0.959. The molecular formula is C25H24FN3O3S. The van der Waals surface area contributed by atoms with E-state index < -0.39 is 17.8 Å². The molecule has 33 heavy (non-hydrogen) atoms. The van der Waals surface area contributed by atoms with E-state index in [4.69, 9.17) is 4.74 Å². The zero-order valence-corrected chi connectivity index (χ0v) is 19.6. The third-order valence-electron chi connectivity index (χ3n) is 5.42. The number of benzene rings is 2. The maximum atomic E-state index is 14.9. The summed E-state index contributed by atoms with van der Waals surface area (Å²) >= 11 is 1.21. The summed E-state index contributed by atoms with van der Waals surface area (Å²) in [6, 6.07) is 13.0. The predicted molar refractivity (Wildman–Crippen MR) is 128 cm³/mol. The van der Waals surface area contributed by atoms with Crippen molar-refractivity contribution < 1.29 is 13.9 Å². The van der Waals surface area contributed by atoms with Crippen LogP contribution in [-0.4, -0.2) is 31.2 Å². The lowest BCUT2D eigenvalue weighted by Gasteiger charge is -2.24. The number of allylic oxidation sites excluding steroid dienone is 1. The minimum Gasteiger partial charge on any atom is -0.463 e. The van der Waals surface area contributed by atoms with E-state index in [2.05, 4.69) is 4.99 Å². The van der Waals surface area contributed by atoms with Crippen LogP contribution in [0.3, 0.4) is 0 Å². The number of carbonyl (C=O) groups excluding carboxylic acids is 1. The van der Waals surface area contributed by atoms with E-state index in [9.17, 15) is 14.0 Å². The first-order chi connectivity index (χ1) is 15.8. The molecule has 1 atom stereocenters. The van der Waals surface area contributed by atoms with Gasteiger partial charge in [0.15, 0.2) is 4.80 Å². The molecule has 1 aliphatic heterocycles. The lowest BCUT2D eigenvalue weighted by molar-refractivity contribution is -0.139. The summed E-state index contributed by atoms with van der Waals surface area (Å²) in [5.41, 5.74) is 2.36. The van der Waals surface area contributed by atoms with Gasteiger partial charge in [-0.05, 0) is 43.7 Å². The molecule has 0 unspecified atom stereocenters.